The zero-order valence-electron chi connectivity index (χ0n) is 11.0. The molecule has 0 saturated carbocycles. The Bertz CT molecular complexity index is 248. The quantitative estimate of drug-likeness (QED) is 0.795. The van der Waals surface area contributed by atoms with Gasteiger partial charge in [-0.2, -0.15) is 13.2 Å². The van der Waals surface area contributed by atoms with E-state index in [0.717, 1.165) is 13.1 Å². The fraction of sp³-hybridized carbons (Fsp3) is 1.00. The first-order valence-electron chi connectivity index (χ1n) is 6.56. The number of halogens is 3. The normalized spacial score (nSPS) is 28.3. The average molecular weight is 268 g/mol. The predicted molar refractivity (Wildman–Crippen MR) is 64.4 cm³/mol. The largest absolute Gasteiger partial charge is 0.401 e. The average Bonchev–Trinajstić information content (AvgIpc) is 2.34. The molecule has 0 radical (unpaired) electrons. The van der Waals surface area contributed by atoms with Crippen molar-refractivity contribution in [2.75, 3.05) is 26.2 Å². The van der Waals surface area contributed by atoms with Gasteiger partial charge in [0, 0.05) is 19.1 Å². The summed E-state index contributed by atoms with van der Waals surface area (Å²) in [6.07, 6.45) is -3.34. The molecule has 1 aliphatic heterocycles. The molecule has 0 amide bonds. The summed E-state index contributed by atoms with van der Waals surface area (Å²) < 4.78 is 36.6. The van der Waals surface area contributed by atoms with E-state index in [9.17, 15) is 18.3 Å². The van der Waals surface area contributed by atoms with Crippen LogP contribution < -0.4 is 5.32 Å². The number of likely N-dealkylation sites (N-methyl/N-ethyl adjacent to an activating group) is 1. The minimum absolute atomic E-state index is 0.0643. The molecule has 108 valence electrons. The summed E-state index contributed by atoms with van der Waals surface area (Å²) in [5.74, 6) is 0.0643. The molecular weight excluding hydrogens is 245 g/mol. The van der Waals surface area contributed by atoms with Crippen LogP contribution in [0.5, 0.6) is 0 Å². The molecular formula is C12H23F3N2O. The Kier molecular flexibility index (Phi) is 5.88. The van der Waals surface area contributed by atoms with Crippen molar-refractivity contribution in [3.05, 3.63) is 0 Å². The fourth-order valence-corrected chi connectivity index (χ4v) is 2.51. The topological polar surface area (TPSA) is 35.5 Å². The summed E-state index contributed by atoms with van der Waals surface area (Å²) in [6, 6.07) is -0.188. The third-order valence-corrected chi connectivity index (χ3v) is 3.56. The van der Waals surface area contributed by atoms with Gasteiger partial charge in [0.15, 0.2) is 0 Å². The van der Waals surface area contributed by atoms with E-state index in [-0.39, 0.29) is 12.0 Å². The molecule has 0 aromatic rings. The summed E-state index contributed by atoms with van der Waals surface area (Å²) in [5, 5.41) is 12.4. The monoisotopic (exact) mass is 268 g/mol. The van der Waals surface area contributed by atoms with Crippen molar-refractivity contribution in [2.45, 2.75) is 45.0 Å². The van der Waals surface area contributed by atoms with Crippen molar-refractivity contribution in [3.8, 4) is 0 Å². The second kappa shape index (κ2) is 6.73. The van der Waals surface area contributed by atoms with Gasteiger partial charge in [-0.15, -0.1) is 0 Å². The Morgan fingerprint density at radius 3 is 2.50 bits per heavy atom. The first kappa shape index (κ1) is 15.7. The van der Waals surface area contributed by atoms with E-state index < -0.39 is 18.8 Å². The van der Waals surface area contributed by atoms with Gasteiger partial charge < -0.3 is 15.3 Å². The molecule has 1 fully saturated rings. The number of piperidine rings is 1. The molecule has 0 aromatic heterocycles. The zero-order chi connectivity index (χ0) is 13.8. The minimum atomic E-state index is -4.17. The number of rotatable bonds is 5. The number of likely N-dealkylation sites (tertiary alicyclic amines) is 1. The van der Waals surface area contributed by atoms with Crippen molar-refractivity contribution in [2.24, 2.45) is 5.92 Å². The van der Waals surface area contributed by atoms with Gasteiger partial charge in [-0.1, -0.05) is 13.8 Å². The van der Waals surface area contributed by atoms with Gasteiger partial charge in [-0.05, 0) is 25.3 Å². The molecule has 18 heavy (non-hydrogen) atoms. The molecule has 6 heteroatoms. The second-order valence-corrected chi connectivity index (χ2v) is 5.02. The van der Waals surface area contributed by atoms with Crippen LogP contribution in [-0.2, 0) is 0 Å². The number of hydrogen-bond acceptors (Lipinski definition) is 3. The lowest BCUT2D eigenvalue weighted by Crippen LogP contribution is -2.53. The summed E-state index contributed by atoms with van der Waals surface area (Å²) in [4.78, 5) is 2.10. The van der Waals surface area contributed by atoms with Crippen molar-refractivity contribution >= 4 is 0 Å². The van der Waals surface area contributed by atoms with Crippen LogP contribution >= 0.6 is 0 Å². The van der Waals surface area contributed by atoms with Crippen LogP contribution in [0.15, 0.2) is 0 Å². The van der Waals surface area contributed by atoms with Crippen LogP contribution in [-0.4, -0.2) is 54.5 Å². The molecule has 3 unspecified atom stereocenters. The van der Waals surface area contributed by atoms with E-state index in [4.69, 9.17) is 0 Å². The Hall–Kier alpha value is -0.330. The summed E-state index contributed by atoms with van der Waals surface area (Å²) >= 11 is 0. The van der Waals surface area contributed by atoms with Gasteiger partial charge in [0.05, 0.1) is 12.6 Å². The summed E-state index contributed by atoms with van der Waals surface area (Å²) in [7, 11) is 0. The van der Waals surface area contributed by atoms with Crippen molar-refractivity contribution < 1.29 is 18.3 Å². The van der Waals surface area contributed by atoms with Crippen LogP contribution in [0.25, 0.3) is 0 Å². The Morgan fingerprint density at radius 2 is 2.00 bits per heavy atom. The van der Waals surface area contributed by atoms with E-state index in [1.165, 1.54) is 0 Å². The van der Waals surface area contributed by atoms with Gasteiger partial charge in [-0.25, -0.2) is 0 Å². The van der Waals surface area contributed by atoms with E-state index in [1.807, 2.05) is 13.8 Å². The Morgan fingerprint density at radius 1 is 1.33 bits per heavy atom. The van der Waals surface area contributed by atoms with Gasteiger partial charge >= 0.3 is 6.18 Å². The first-order chi connectivity index (χ1) is 8.35. The van der Waals surface area contributed by atoms with E-state index in [2.05, 4.69) is 10.2 Å². The van der Waals surface area contributed by atoms with Gasteiger partial charge in [0.25, 0.3) is 0 Å². The summed E-state index contributed by atoms with van der Waals surface area (Å²) in [5.41, 5.74) is 0. The molecule has 3 atom stereocenters. The molecule has 2 N–H and O–H groups in total. The molecule has 1 rings (SSSR count). The van der Waals surface area contributed by atoms with Crippen LogP contribution in [0.3, 0.4) is 0 Å². The number of alkyl halides is 3. The molecule has 3 nitrogen and oxygen atoms in total. The lowest BCUT2D eigenvalue weighted by atomic mass is 9.88. The van der Waals surface area contributed by atoms with Crippen molar-refractivity contribution in [1.82, 2.24) is 10.2 Å². The van der Waals surface area contributed by atoms with Gasteiger partial charge in [0.2, 0.25) is 0 Å². The number of nitrogens with one attached hydrogen (secondary N) is 1. The predicted octanol–water partition coefficient (Wildman–Crippen LogP) is 1.62. The molecule has 0 spiro atoms. The third kappa shape index (κ3) is 5.12. The van der Waals surface area contributed by atoms with Gasteiger partial charge in [-0.3, -0.25) is 0 Å². The maximum atomic E-state index is 12.2. The van der Waals surface area contributed by atoms with E-state index in [1.54, 1.807) is 0 Å². The molecule has 1 saturated heterocycles. The van der Waals surface area contributed by atoms with Crippen LogP contribution in [0.1, 0.15) is 26.7 Å². The first-order valence-corrected chi connectivity index (χ1v) is 6.56. The maximum Gasteiger partial charge on any atom is 0.401 e. The summed E-state index contributed by atoms with van der Waals surface area (Å²) in [6.45, 7) is 5.13. The highest BCUT2D eigenvalue weighted by atomic mass is 19.4. The SMILES string of the molecule is CCC(O)C1CC(NCC(F)(F)F)CN(CC)C1. The molecule has 1 heterocycles. The molecule has 0 bridgehead atoms. The molecule has 0 aliphatic carbocycles. The van der Waals surface area contributed by atoms with E-state index >= 15 is 0 Å². The maximum absolute atomic E-state index is 12.2. The number of aliphatic hydroxyl groups excluding tert-OH is 1. The number of nitrogens with zero attached hydrogens (tertiary/aromatic N) is 1. The second-order valence-electron chi connectivity index (χ2n) is 5.02. The number of aliphatic hydroxyl groups is 1. The molecule has 0 aromatic carbocycles. The highest BCUT2D eigenvalue weighted by Crippen LogP contribution is 2.22. The zero-order valence-corrected chi connectivity index (χ0v) is 11.0. The highest BCUT2D eigenvalue weighted by molar-refractivity contribution is 4.86. The Labute approximate surface area is 106 Å². The van der Waals surface area contributed by atoms with Crippen LogP contribution in [0, 0.1) is 5.92 Å². The van der Waals surface area contributed by atoms with Crippen molar-refractivity contribution in [1.29, 1.82) is 0 Å². The minimum Gasteiger partial charge on any atom is -0.393 e. The third-order valence-electron chi connectivity index (χ3n) is 3.56. The molecule has 1 aliphatic rings. The lowest BCUT2D eigenvalue weighted by Gasteiger charge is -2.39. The van der Waals surface area contributed by atoms with Crippen molar-refractivity contribution in [3.63, 3.8) is 0 Å². The smallest absolute Gasteiger partial charge is 0.393 e. The van der Waals surface area contributed by atoms with E-state index in [0.29, 0.717) is 19.4 Å². The lowest BCUT2D eigenvalue weighted by molar-refractivity contribution is -0.127. The highest BCUT2D eigenvalue weighted by Gasteiger charge is 2.33. The van der Waals surface area contributed by atoms with Crippen LogP contribution in [0.4, 0.5) is 13.2 Å². The van der Waals surface area contributed by atoms with Gasteiger partial charge in [0.1, 0.15) is 0 Å². The standard InChI is InChI=1S/C12H23F3N2O/c1-3-11(18)9-5-10(7-17(4-2)6-9)16-8-12(13,14)15/h9-11,16,18H,3-8H2,1-2H3. The van der Waals surface area contributed by atoms with Crippen LogP contribution in [0.2, 0.25) is 0 Å². The number of hydrogen-bond donors (Lipinski definition) is 2. The Balaban J connectivity index is 2.51. The fourth-order valence-electron chi connectivity index (χ4n) is 2.51.